The van der Waals surface area contributed by atoms with Gasteiger partial charge in [-0.15, -0.1) is 5.10 Å². The fraction of sp³-hybridized carbons (Fsp3) is 0. The Morgan fingerprint density at radius 1 is 1.14 bits per heavy atom. The van der Waals surface area contributed by atoms with Crippen molar-refractivity contribution in [2.75, 3.05) is 11.5 Å². The van der Waals surface area contributed by atoms with Crippen molar-refractivity contribution < 1.29 is 10.2 Å². The molecular weight excluding hydrogens is 288 g/mol. The van der Waals surface area contributed by atoms with Crippen LogP contribution in [0.2, 0.25) is 0 Å². The summed E-state index contributed by atoms with van der Waals surface area (Å²) in [7, 11) is 0. The van der Waals surface area contributed by atoms with E-state index in [2.05, 4.69) is 20.2 Å². The summed E-state index contributed by atoms with van der Waals surface area (Å²) in [5.74, 6) is 0.396. The maximum atomic E-state index is 9.19. The van der Waals surface area contributed by atoms with Gasteiger partial charge in [-0.2, -0.15) is 14.6 Å². The van der Waals surface area contributed by atoms with Gasteiger partial charge < -0.3 is 21.7 Å². The molecule has 0 spiro atoms. The fourth-order valence-corrected chi connectivity index (χ4v) is 1.78. The number of anilines is 2. The summed E-state index contributed by atoms with van der Waals surface area (Å²) in [4.78, 5) is 7.69. The van der Waals surface area contributed by atoms with Crippen LogP contribution in [0.15, 0.2) is 36.8 Å². The lowest BCUT2D eigenvalue weighted by atomic mass is 10.5. The van der Waals surface area contributed by atoms with E-state index in [0.29, 0.717) is 22.8 Å². The number of hydrogen-bond donors (Lipinski definition) is 4. The molecule has 112 valence electrons. The average molecular weight is 300 g/mol. The summed E-state index contributed by atoms with van der Waals surface area (Å²) >= 11 is 0. The van der Waals surface area contributed by atoms with Crippen molar-refractivity contribution in [2.24, 2.45) is 0 Å². The number of nitrogens with two attached hydrogens (primary N) is 2. The van der Waals surface area contributed by atoms with E-state index in [1.807, 2.05) is 0 Å². The number of fused-ring (bicyclic) bond motifs is 2. The van der Waals surface area contributed by atoms with Gasteiger partial charge in [0.05, 0.1) is 11.9 Å². The highest BCUT2D eigenvalue weighted by atomic mass is 16.3. The predicted molar refractivity (Wildman–Crippen MR) is 78.1 cm³/mol. The molecule has 0 fully saturated rings. The molecule has 0 amide bonds. The van der Waals surface area contributed by atoms with Crippen molar-refractivity contribution in [3.05, 3.63) is 36.8 Å². The molecule has 0 bridgehead atoms. The third-order valence-corrected chi connectivity index (χ3v) is 2.74. The van der Waals surface area contributed by atoms with Crippen molar-refractivity contribution in [1.82, 2.24) is 29.2 Å². The Kier molecular flexibility index (Phi) is 3.10. The van der Waals surface area contributed by atoms with Gasteiger partial charge in [-0.05, 0) is 0 Å². The van der Waals surface area contributed by atoms with Gasteiger partial charge in [0, 0.05) is 30.6 Å². The van der Waals surface area contributed by atoms with Crippen LogP contribution < -0.4 is 11.5 Å². The summed E-state index contributed by atoms with van der Waals surface area (Å²) in [5.41, 5.74) is 12.4. The SMILES string of the molecule is Nc1cc2nc(O)ccn2n1.Nc1cnn2c(O)ccnc12. The van der Waals surface area contributed by atoms with Gasteiger partial charge in [-0.3, -0.25) is 0 Å². The zero-order valence-corrected chi connectivity index (χ0v) is 11.2. The van der Waals surface area contributed by atoms with Crippen LogP contribution in [-0.4, -0.2) is 39.4 Å². The molecule has 0 aliphatic heterocycles. The molecular formula is C12H12N8O2. The highest BCUT2D eigenvalue weighted by Crippen LogP contribution is 2.14. The summed E-state index contributed by atoms with van der Waals surface area (Å²) in [6, 6.07) is 4.47. The van der Waals surface area contributed by atoms with E-state index in [1.165, 1.54) is 33.6 Å². The molecule has 0 radical (unpaired) electrons. The highest BCUT2D eigenvalue weighted by Gasteiger charge is 2.03. The normalized spacial score (nSPS) is 10.5. The minimum Gasteiger partial charge on any atom is -0.493 e. The van der Waals surface area contributed by atoms with Crippen LogP contribution in [0, 0.1) is 0 Å². The molecule has 4 aromatic rings. The van der Waals surface area contributed by atoms with E-state index in [1.54, 1.807) is 12.3 Å². The first-order valence-corrected chi connectivity index (χ1v) is 6.12. The molecule has 0 saturated heterocycles. The molecule has 0 aromatic carbocycles. The predicted octanol–water partition coefficient (Wildman–Crippen LogP) is 0.0342. The van der Waals surface area contributed by atoms with Gasteiger partial charge in [0.25, 0.3) is 0 Å². The van der Waals surface area contributed by atoms with Gasteiger partial charge in [-0.1, -0.05) is 0 Å². The average Bonchev–Trinajstić information content (AvgIpc) is 3.03. The van der Waals surface area contributed by atoms with Crippen LogP contribution in [0.25, 0.3) is 11.3 Å². The second-order valence-corrected chi connectivity index (χ2v) is 4.30. The lowest BCUT2D eigenvalue weighted by molar-refractivity contribution is 0.435. The lowest BCUT2D eigenvalue weighted by Crippen LogP contribution is -1.91. The molecule has 22 heavy (non-hydrogen) atoms. The van der Waals surface area contributed by atoms with Crippen molar-refractivity contribution in [3.8, 4) is 11.8 Å². The molecule has 4 rings (SSSR count). The topological polar surface area (TPSA) is 153 Å². The van der Waals surface area contributed by atoms with Gasteiger partial charge in [-0.25, -0.2) is 9.50 Å². The fourth-order valence-electron chi connectivity index (χ4n) is 1.78. The van der Waals surface area contributed by atoms with E-state index < -0.39 is 0 Å². The number of rotatable bonds is 0. The van der Waals surface area contributed by atoms with Crippen LogP contribution in [0.3, 0.4) is 0 Å². The molecule has 0 atom stereocenters. The second-order valence-electron chi connectivity index (χ2n) is 4.30. The van der Waals surface area contributed by atoms with Gasteiger partial charge in [0.15, 0.2) is 11.3 Å². The first kappa shape index (κ1) is 13.4. The Bertz CT molecular complexity index is 945. The molecule has 0 unspecified atom stereocenters. The molecule has 4 heterocycles. The highest BCUT2D eigenvalue weighted by molar-refractivity contribution is 5.63. The van der Waals surface area contributed by atoms with Gasteiger partial charge >= 0.3 is 0 Å². The first-order valence-electron chi connectivity index (χ1n) is 6.12. The zero-order chi connectivity index (χ0) is 15.7. The molecule has 0 aliphatic rings. The third-order valence-electron chi connectivity index (χ3n) is 2.74. The Morgan fingerprint density at radius 2 is 1.95 bits per heavy atom. The first-order chi connectivity index (χ1) is 10.5. The quantitative estimate of drug-likeness (QED) is 0.355. The molecule has 10 heteroatoms. The number of nitrogen functional groups attached to an aromatic ring is 2. The number of aromatic hydroxyl groups is 2. The van der Waals surface area contributed by atoms with E-state index in [4.69, 9.17) is 16.6 Å². The maximum Gasteiger partial charge on any atom is 0.215 e. The maximum absolute atomic E-state index is 9.19. The van der Waals surface area contributed by atoms with E-state index in [9.17, 15) is 5.11 Å². The molecule has 0 aliphatic carbocycles. The Balaban J connectivity index is 0.000000131. The van der Waals surface area contributed by atoms with Gasteiger partial charge in [0.2, 0.25) is 11.8 Å². The molecule has 0 saturated carbocycles. The van der Waals surface area contributed by atoms with Crippen molar-refractivity contribution >= 4 is 22.8 Å². The largest absolute Gasteiger partial charge is 0.493 e. The summed E-state index contributed by atoms with van der Waals surface area (Å²) in [5, 5.41) is 25.8. The van der Waals surface area contributed by atoms with Crippen molar-refractivity contribution in [3.63, 3.8) is 0 Å². The summed E-state index contributed by atoms with van der Waals surface area (Å²) in [6.45, 7) is 0. The third kappa shape index (κ3) is 2.40. The minimum absolute atomic E-state index is 0.0302. The van der Waals surface area contributed by atoms with Crippen molar-refractivity contribution in [2.45, 2.75) is 0 Å². The zero-order valence-electron chi connectivity index (χ0n) is 11.2. The van der Waals surface area contributed by atoms with Crippen LogP contribution >= 0.6 is 0 Å². The molecule has 6 N–H and O–H groups in total. The molecule has 4 aromatic heterocycles. The lowest BCUT2D eigenvalue weighted by Gasteiger charge is -1.94. The van der Waals surface area contributed by atoms with E-state index in [0.717, 1.165) is 0 Å². The second kappa shape index (κ2) is 5.09. The monoisotopic (exact) mass is 300 g/mol. The van der Waals surface area contributed by atoms with Crippen LogP contribution in [0.1, 0.15) is 0 Å². The minimum atomic E-state index is -0.0302. The summed E-state index contributed by atoms with van der Waals surface area (Å²) in [6.07, 6.45) is 4.51. The van der Waals surface area contributed by atoms with Crippen LogP contribution in [-0.2, 0) is 0 Å². The van der Waals surface area contributed by atoms with Crippen LogP contribution in [0.4, 0.5) is 11.5 Å². The van der Waals surface area contributed by atoms with Crippen LogP contribution in [0.5, 0.6) is 11.8 Å². The van der Waals surface area contributed by atoms with Crippen molar-refractivity contribution in [1.29, 1.82) is 0 Å². The standard InChI is InChI=1S/2C6H6N4O/c7-4-3-5-8-6(11)1-2-10(5)9-4;7-4-3-9-10-5(11)1-2-8-6(4)10/h1-3H,(H2,7,9)(H,8,11);1-3,11H,7H2. The Morgan fingerprint density at radius 3 is 2.73 bits per heavy atom. The number of hydrogen-bond acceptors (Lipinski definition) is 8. The Hall–Kier alpha value is -3.56. The van der Waals surface area contributed by atoms with E-state index in [-0.39, 0.29) is 11.8 Å². The smallest absolute Gasteiger partial charge is 0.215 e. The number of nitrogens with zero attached hydrogens (tertiary/aromatic N) is 6. The molecule has 10 nitrogen and oxygen atoms in total. The number of aromatic nitrogens is 6. The van der Waals surface area contributed by atoms with E-state index >= 15 is 0 Å². The Labute approximate surface area is 123 Å². The van der Waals surface area contributed by atoms with Gasteiger partial charge in [0.1, 0.15) is 5.82 Å². The summed E-state index contributed by atoms with van der Waals surface area (Å²) < 4.78 is 2.77.